The van der Waals surface area contributed by atoms with Gasteiger partial charge in [0.15, 0.2) is 5.13 Å². The SMILES string of the molecule is CN(C)c1nc2ccc(-c3ccccc3OCC3CCCC3)cc2s1. The number of ether oxygens (including phenoxy) is 1. The fraction of sp³-hybridized carbons (Fsp3) is 0.381. The van der Waals surface area contributed by atoms with Crippen molar-refractivity contribution in [3.05, 3.63) is 42.5 Å². The molecule has 0 bridgehead atoms. The largest absolute Gasteiger partial charge is 0.493 e. The molecule has 1 fully saturated rings. The van der Waals surface area contributed by atoms with Gasteiger partial charge < -0.3 is 9.64 Å². The third-order valence-electron chi connectivity index (χ3n) is 4.91. The molecule has 0 aliphatic heterocycles. The van der Waals surface area contributed by atoms with Gasteiger partial charge in [0.05, 0.1) is 16.8 Å². The Morgan fingerprint density at radius 2 is 1.92 bits per heavy atom. The zero-order valence-electron chi connectivity index (χ0n) is 14.9. The lowest BCUT2D eigenvalue weighted by molar-refractivity contribution is 0.253. The molecule has 1 aliphatic carbocycles. The molecule has 0 amide bonds. The van der Waals surface area contributed by atoms with Crippen molar-refractivity contribution in [1.29, 1.82) is 0 Å². The van der Waals surface area contributed by atoms with Gasteiger partial charge >= 0.3 is 0 Å². The van der Waals surface area contributed by atoms with E-state index in [1.54, 1.807) is 11.3 Å². The molecule has 1 aliphatic rings. The second-order valence-corrected chi connectivity index (χ2v) is 8.04. The minimum Gasteiger partial charge on any atom is -0.493 e. The first-order valence-corrected chi connectivity index (χ1v) is 9.82. The molecule has 4 rings (SSSR count). The summed E-state index contributed by atoms with van der Waals surface area (Å²) in [5.41, 5.74) is 3.42. The first kappa shape index (κ1) is 16.4. The van der Waals surface area contributed by atoms with Crippen LogP contribution in [0.15, 0.2) is 42.5 Å². The lowest BCUT2D eigenvalue weighted by Gasteiger charge is -2.15. The smallest absolute Gasteiger partial charge is 0.185 e. The van der Waals surface area contributed by atoms with Gasteiger partial charge in [-0.1, -0.05) is 48.4 Å². The lowest BCUT2D eigenvalue weighted by Crippen LogP contribution is -2.08. The van der Waals surface area contributed by atoms with E-state index in [9.17, 15) is 0 Å². The zero-order chi connectivity index (χ0) is 17.2. The maximum absolute atomic E-state index is 6.21. The second kappa shape index (κ2) is 7.04. The van der Waals surface area contributed by atoms with Gasteiger partial charge in [0.25, 0.3) is 0 Å². The Kier molecular flexibility index (Phi) is 4.62. The summed E-state index contributed by atoms with van der Waals surface area (Å²) in [7, 11) is 4.07. The molecule has 0 spiro atoms. The number of anilines is 1. The van der Waals surface area contributed by atoms with Gasteiger partial charge in [-0.05, 0) is 42.5 Å². The minimum absolute atomic E-state index is 0.722. The number of rotatable bonds is 5. The quantitative estimate of drug-likeness (QED) is 0.598. The molecular formula is C21H24N2OS. The fourth-order valence-corrected chi connectivity index (χ4v) is 4.41. The first-order valence-electron chi connectivity index (χ1n) is 9.01. The van der Waals surface area contributed by atoms with E-state index in [4.69, 9.17) is 4.74 Å². The standard InChI is InChI=1S/C21H24N2OS/c1-23(2)21-22-18-12-11-16(13-20(18)25-21)17-9-5-6-10-19(17)24-14-15-7-3-4-8-15/h5-6,9-13,15H,3-4,7-8,14H2,1-2H3. The van der Waals surface area contributed by atoms with Crippen molar-refractivity contribution in [2.75, 3.05) is 25.6 Å². The van der Waals surface area contributed by atoms with E-state index in [0.29, 0.717) is 0 Å². The summed E-state index contributed by atoms with van der Waals surface area (Å²) >= 11 is 1.73. The predicted molar refractivity (Wildman–Crippen MR) is 107 cm³/mol. The molecule has 1 aromatic heterocycles. The Morgan fingerprint density at radius 1 is 1.12 bits per heavy atom. The Bertz CT molecular complexity index is 865. The van der Waals surface area contributed by atoms with E-state index in [1.807, 2.05) is 14.1 Å². The van der Waals surface area contributed by atoms with Crippen LogP contribution in [0.5, 0.6) is 5.75 Å². The number of hydrogen-bond acceptors (Lipinski definition) is 4. The van der Waals surface area contributed by atoms with Gasteiger partial charge in [0.1, 0.15) is 5.75 Å². The summed E-state index contributed by atoms with van der Waals surface area (Å²) < 4.78 is 7.43. The van der Waals surface area contributed by atoms with Crippen LogP contribution in [-0.4, -0.2) is 25.7 Å². The van der Waals surface area contributed by atoms with Crippen LogP contribution >= 0.6 is 11.3 Å². The normalized spacial score (nSPS) is 15.0. The van der Waals surface area contributed by atoms with Crippen LogP contribution in [0.3, 0.4) is 0 Å². The molecule has 130 valence electrons. The molecule has 2 aromatic carbocycles. The van der Waals surface area contributed by atoms with Crippen LogP contribution in [-0.2, 0) is 0 Å². The van der Waals surface area contributed by atoms with E-state index >= 15 is 0 Å². The number of fused-ring (bicyclic) bond motifs is 1. The molecule has 1 heterocycles. The van der Waals surface area contributed by atoms with Crippen molar-refractivity contribution in [3.63, 3.8) is 0 Å². The number of hydrogen-bond donors (Lipinski definition) is 0. The molecule has 1 saturated carbocycles. The molecule has 3 nitrogen and oxygen atoms in total. The van der Waals surface area contributed by atoms with E-state index in [0.717, 1.165) is 28.9 Å². The maximum atomic E-state index is 6.21. The second-order valence-electron chi connectivity index (χ2n) is 7.03. The van der Waals surface area contributed by atoms with Gasteiger partial charge in [0.2, 0.25) is 0 Å². The highest BCUT2D eigenvalue weighted by molar-refractivity contribution is 7.22. The molecule has 0 atom stereocenters. The third-order valence-corrected chi connectivity index (χ3v) is 6.09. The predicted octanol–water partition coefficient (Wildman–Crippen LogP) is 5.60. The van der Waals surface area contributed by atoms with Crippen LogP contribution in [0.4, 0.5) is 5.13 Å². The summed E-state index contributed by atoms with van der Waals surface area (Å²) in [6.45, 7) is 0.838. The van der Waals surface area contributed by atoms with Gasteiger partial charge in [-0.25, -0.2) is 4.98 Å². The number of benzene rings is 2. The molecule has 0 saturated heterocycles. The summed E-state index contributed by atoms with van der Waals surface area (Å²) in [4.78, 5) is 6.73. The monoisotopic (exact) mass is 352 g/mol. The van der Waals surface area contributed by atoms with E-state index < -0.39 is 0 Å². The minimum atomic E-state index is 0.722. The highest BCUT2D eigenvalue weighted by Crippen LogP contribution is 2.36. The average molecular weight is 353 g/mol. The molecule has 0 N–H and O–H groups in total. The first-order chi connectivity index (χ1) is 12.2. The Morgan fingerprint density at radius 3 is 2.72 bits per heavy atom. The van der Waals surface area contributed by atoms with Crippen LogP contribution in [0, 0.1) is 5.92 Å². The molecule has 0 unspecified atom stereocenters. The van der Waals surface area contributed by atoms with Crippen molar-refractivity contribution < 1.29 is 4.74 Å². The fourth-order valence-electron chi connectivity index (χ4n) is 3.49. The van der Waals surface area contributed by atoms with Gasteiger partial charge in [-0.3, -0.25) is 0 Å². The van der Waals surface area contributed by atoms with Crippen LogP contribution in [0.1, 0.15) is 25.7 Å². The molecule has 0 radical (unpaired) electrons. The third kappa shape index (κ3) is 3.49. The lowest BCUT2D eigenvalue weighted by atomic mass is 10.0. The topological polar surface area (TPSA) is 25.4 Å². The Balaban J connectivity index is 1.63. The molecule has 4 heteroatoms. The van der Waals surface area contributed by atoms with Crippen LogP contribution < -0.4 is 9.64 Å². The van der Waals surface area contributed by atoms with Crippen molar-refractivity contribution in [2.45, 2.75) is 25.7 Å². The summed E-state index contributed by atoms with van der Waals surface area (Å²) in [5, 5.41) is 1.04. The molecule has 3 aromatic rings. The maximum Gasteiger partial charge on any atom is 0.185 e. The van der Waals surface area contributed by atoms with Crippen molar-refractivity contribution in [3.8, 4) is 16.9 Å². The number of aromatic nitrogens is 1. The highest BCUT2D eigenvalue weighted by atomic mass is 32.1. The summed E-state index contributed by atoms with van der Waals surface area (Å²) in [6, 6.07) is 14.9. The van der Waals surface area contributed by atoms with Crippen LogP contribution in [0.25, 0.3) is 21.3 Å². The van der Waals surface area contributed by atoms with Crippen molar-refractivity contribution >= 4 is 26.7 Å². The zero-order valence-corrected chi connectivity index (χ0v) is 15.7. The molecular weight excluding hydrogens is 328 g/mol. The van der Waals surface area contributed by atoms with Gasteiger partial charge in [0, 0.05) is 19.7 Å². The summed E-state index contributed by atoms with van der Waals surface area (Å²) in [5.74, 6) is 1.71. The van der Waals surface area contributed by atoms with E-state index in [1.165, 1.54) is 41.5 Å². The van der Waals surface area contributed by atoms with Crippen LogP contribution in [0.2, 0.25) is 0 Å². The van der Waals surface area contributed by atoms with E-state index in [2.05, 4.69) is 52.3 Å². The summed E-state index contributed by atoms with van der Waals surface area (Å²) in [6.07, 6.45) is 5.32. The highest BCUT2D eigenvalue weighted by Gasteiger charge is 2.17. The van der Waals surface area contributed by atoms with Gasteiger partial charge in [-0.15, -0.1) is 0 Å². The Labute approximate surface area is 153 Å². The Hall–Kier alpha value is -2.07. The average Bonchev–Trinajstić information content (AvgIpc) is 3.29. The van der Waals surface area contributed by atoms with Crippen molar-refractivity contribution in [2.24, 2.45) is 5.92 Å². The molecule has 25 heavy (non-hydrogen) atoms. The number of para-hydroxylation sites is 1. The van der Waals surface area contributed by atoms with E-state index in [-0.39, 0.29) is 0 Å². The van der Waals surface area contributed by atoms with Crippen molar-refractivity contribution in [1.82, 2.24) is 4.98 Å². The number of nitrogens with zero attached hydrogens (tertiary/aromatic N) is 2. The van der Waals surface area contributed by atoms with Gasteiger partial charge in [-0.2, -0.15) is 0 Å². The number of thiazole rings is 1.